The molecule has 7 nitrogen and oxygen atoms in total. The van der Waals surface area contributed by atoms with Crippen LogP contribution in [0.4, 0.5) is 4.79 Å². The Balaban J connectivity index is 1.99. The summed E-state index contributed by atoms with van der Waals surface area (Å²) < 4.78 is 0. The fourth-order valence-corrected chi connectivity index (χ4v) is 3.83. The number of amides is 3. The smallest absolute Gasteiger partial charge is 0.318 e. The predicted octanol–water partition coefficient (Wildman–Crippen LogP) is 1.12. The SMILES string of the molecule is CC[C@H](C)[C@H](NC(=O)N1CCCC1)C(=O)N1CCN(C[C@@H](C)O)[C@H](C)C1. The second kappa shape index (κ2) is 9.55. The van der Waals surface area contributed by atoms with Gasteiger partial charge in [0.25, 0.3) is 0 Å². The monoisotopic (exact) mass is 368 g/mol. The first-order valence-corrected chi connectivity index (χ1v) is 10.1. The van der Waals surface area contributed by atoms with Crippen molar-refractivity contribution in [2.75, 3.05) is 39.3 Å². The summed E-state index contributed by atoms with van der Waals surface area (Å²) in [6.45, 7) is 12.2. The molecule has 2 aliphatic rings. The van der Waals surface area contributed by atoms with Crippen molar-refractivity contribution in [1.82, 2.24) is 20.0 Å². The van der Waals surface area contributed by atoms with Gasteiger partial charge in [-0.15, -0.1) is 0 Å². The molecule has 2 aliphatic heterocycles. The number of nitrogens with one attached hydrogen (secondary N) is 1. The van der Waals surface area contributed by atoms with Crippen LogP contribution in [0.3, 0.4) is 0 Å². The molecule has 26 heavy (non-hydrogen) atoms. The Hall–Kier alpha value is -1.34. The first-order chi connectivity index (χ1) is 12.3. The van der Waals surface area contributed by atoms with Crippen molar-refractivity contribution in [3.05, 3.63) is 0 Å². The molecule has 0 aromatic carbocycles. The summed E-state index contributed by atoms with van der Waals surface area (Å²) >= 11 is 0. The van der Waals surface area contributed by atoms with E-state index in [2.05, 4.69) is 24.1 Å². The number of hydrogen-bond donors (Lipinski definition) is 2. The molecule has 0 unspecified atom stereocenters. The second-order valence-electron chi connectivity index (χ2n) is 7.98. The number of carbonyl (C=O) groups excluding carboxylic acids is 2. The average Bonchev–Trinajstić information content (AvgIpc) is 3.14. The zero-order valence-electron chi connectivity index (χ0n) is 16.8. The third kappa shape index (κ3) is 5.33. The van der Waals surface area contributed by atoms with Crippen molar-refractivity contribution in [3.8, 4) is 0 Å². The molecule has 0 spiro atoms. The number of hydrogen-bond acceptors (Lipinski definition) is 4. The van der Waals surface area contributed by atoms with Gasteiger partial charge in [-0.25, -0.2) is 4.79 Å². The topological polar surface area (TPSA) is 76.1 Å². The average molecular weight is 369 g/mol. The molecule has 2 N–H and O–H groups in total. The molecule has 0 aliphatic carbocycles. The van der Waals surface area contributed by atoms with Gasteiger partial charge in [-0.05, 0) is 32.6 Å². The standard InChI is InChI=1S/C19H36N4O3/c1-5-14(2)17(20-19(26)21-8-6-7-9-21)18(25)23-11-10-22(13-16(4)24)15(3)12-23/h14-17,24H,5-13H2,1-4H3,(H,20,26)/t14-,15+,16+,17-/m0/s1. The third-order valence-corrected chi connectivity index (χ3v) is 5.73. The van der Waals surface area contributed by atoms with Crippen LogP contribution in [-0.2, 0) is 4.79 Å². The maximum absolute atomic E-state index is 13.1. The molecule has 2 rings (SSSR count). The molecule has 2 fully saturated rings. The number of urea groups is 1. The highest BCUT2D eigenvalue weighted by Crippen LogP contribution is 2.17. The molecule has 4 atom stereocenters. The van der Waals surface area contributed by atoms with E-state index < -0.39 is 6.04 Å². The largest absolute Gasteiger partial charge is 0.392 e. The van der Waals surface area contributed by atoms with Crippen LogP contribution in [0.25, 0.3) is 0 Å². The molecule has 2 saturated heterocycles. The van der Waals surface area contributed by atoms with Crippen LogP contribution in [0.15, 0.2) is 0 Å². The van der Waals surface area contributed by atoms with Gasteiger partial charge >= 0.3 is 6.03 Å². The van der Waals surface area contributed by atoms with Gasteiger partial charge in [-0.3, -0.25) is 9.69 Å². The van der Waals surface area contributed by atoms with Gasteiger partial charge in [0.2, 0.25) is 5.91 Å². The fraction of sp³-hybridized carbons (Fsp3) is 0.895. The van der Waals surface area contributed by atoms with Crippen LogP contribution < -0.4 is 5.32 Å². The number of piperazine rings is 1. The van der Waals surface area contributed by atoms with Gasteiger partial charge < -0.3 is 20.2 Å². The Labute approximate surface area is 157 Å². The highest BCUT2D eigenvalue weighted by molar-refractivity contribution is 5.87. The van der Waals surface area contributed by atoms with Gasteiger partial charge in [-0.1, -0.05) is 20.3 Å². The van der Waals surface area contributed by atoms with Gasteiger partial charge in [0.1, 0.15) is 6.04 Å². The number of likely N-dealkylation sites (tertiary alicyclic amines) is 1. The van der Waals surface area contributed by atoms with Crippen molar-refractivity contribution >= 4 is 11.9 Å². The molecule has 0 aromatic heterocycles. The van der Waals surface area contributed by atoms with Crippen molar-refractivity contribution < 1.29 is 14.7 Å². The Kier molecular flexibility index (Phi) is 7.70. The number of aliphatic hydroxyl groups is 1. The van der Waals surface area contributed by atoms with Crippen molar-refractivity contribution in [2.45, 2.75) is 65.1 Å². The van der Waals surface area contributed by atoms with Crippen molar-refractivity contribution in [3.63, 3.8) is 0 Å². The lowest BCUT2D eigenvalue weighted by atomic mass is 9.97. The van der Waals surface area contributed by atoms with Crippen LogP contribution in [0, 0.1) is 5.92 Å². The van der Waals surface area contributed by atoms with Crippen LogP contribution in [0.5, 0.6) is 0 Å². The summed E-state index contributed by atoms with van der Waals surface area (Å²) in [5.74, 6) is 0.121. The van der Waals surface area contributed by atoms with E-state index >= 15 is 0 Å². The Morgan fingerprint density at radius 1 is 1.12 bits per heavy atom. The summed E-state index contributed by atoms with van der Waals surface area (Å²) in [6.07, 6.45) is 2.55. The van der Waals surface area contributed by atoms with Crippen LogP contribution in [0.1, 0.15) is 47.0 Å². The molecule has 0 bridgehead atoms. The Morgan fingerprint density at radius 3 is 2.31 bits per heavy atom. The van der Waals surface area contributed by atoms with Crippen LogP contribution >= 0.6 is 0 Å². The van der Waals surface area contributed by atoms with E-state index in [1.807, 2.05) is 16.7 Å². The predicted molar refractivity (Wildman–Crippen MR) is 102 cm³/mol. The summed E-state index contributed by atoms with van der Waals surface area (Å²) in [5, 5.41) is 12.6. The van der Waals surface area contributed by atoms with Gasteiger partial charge in [-0.2, -0.15) is 0 Å². The van der Waals surface area contributed by atoms with Crippen LogP contribution in [-0.4, -0.2) is 89.2 Å². The number of rotatable bonds is 6. The van der Waals surface area contributed by atoms with Gasteiger partial charge in [0.15, 0.2) is 0 Å². The van der Waals surface area contributed by atoms with Crippen molar-refractivity contribution in [1.29, 1.82) is 0 Å². The normalized spacial score (nSPS) is 25.0. The number of carbonyl (C=O) groups is 2. The highest BCUT2D eigenvalue weighted by Gasteiger charge is 2.35. The molecule has 0 aromatic rings. The first-order valence-electron chi connectivity index (χ1n) is 10.1. The zero-order chi connectivity index (χ0) is 19.3. The van der Waals surface area contributed by atoms with E-state index in [1.54, 1.807) is 6.92 Å². The lowest BCUT2D eigenvalue weighted by Gasteiger charge is -2.42. The first kappa shape index (κ1) is 21.0. The maximum atomic E-state index is 13.1. The zero-order valence-corrected chi connectivity index (χ0v) is 16.8. The number of nitrogens with zero attached hydrogens (tertiary/aromatic N) is 3. The molecular weight excluding hydrogens is 332 g/mol. The minimum absolute atomic E-state index is 0.0236. The second-order valence-corrected chi connectivity index (χ2v) is 7.98. The lowest BCUT2D eigenvalue weighted by Crippen LogP contribution is -2.60. The molecule has 7 heteroatoms. The van der Waals surface area contributed by atoms with Crippen LogP contribution in [0.2, 0.25) is 0 Å². The van der Waals surface area contributed by atoms with E-state index in [9.17, 15) is 14.7 Å². The molecule has 3 amide bonds. The number of β-amino-alcohol motifs (C(OH)–C–C–N with tert-alkyl or cyclic N) is 1. The Morgan fingerprint density at radius 2 is 1.77 bits per heavy atom. The maximum Gasteiger partial charge on any atom is 0.318 e. The highest BCUT2D eigenvalue weighted by atomic mass is 16.3. The van der Waals surface area contributed by atoms with E-state index in [0.29, 0.717) is 19.6 Å². The molecule has 2 heterocycles. The van der Waals surface area contributed by atoms with Gasteiger partial charge in [0, 0.05) is 45.3 Å². The number of aliphatic hydroxyl groups excluding tert-OH is 1. The van der Waals surface area contributed by atoms with E-state index in [4.69, 9.17) is 0 Å². The summed E-state index contributed by atoms with van der Waals surface area (Å²) in [6, 6.07) is -0.375. The summed E-state index contributed by atoms with van der Waals surface area (Å²) in [4.78, 5) is 31.6. The lowest BCUT2D eigenvalue weighted by molar-refractivity contribution is -0.137. The summed E-state index contributed by atoms with van der Waals surface area (Å²) in [5.41, 5.74) is 0. The van der Waals surface area contributed by atoms with Crippen molar-refractivity contribution in [2.24, 2.45) is 5.92 Å². The minimum atomic E-state index is -0.469. The molecule has 150 valence electrons. The Bertz CT molecular complexity index is 479. The fourth-order valence-electron chi connectivity index (χ4n) is 3.83. The summed E-state index contributed by atoms with van der Waals surface area (Å²) in [7, 11) is 0. The van der Waals surface area contributed by atoms with E-state index in [-0.39, 0.29) is 30.0 Å². The molecule has 0 radical (unpaired) electrons. The van der Waals surface area contributed by atoms with E-state index in [0.717, 1.165) is 38.9 Å². The van der Waals surface area contributed by atoms with E-state index in [1.165, 1.54) is 0 Å². The third-order valence-electron chi connectivity index (χ3n) is 5.73. The quantitative estimate of drug-likeness (QED) is 0.737. The molecular formula is C19H36N4O3. The van der Waals surface area contributed by atoms with Gasteiger partial charge in [0.05, 0.1) is 6.10 Å². The molecule has 0 saturated carbocycles. The minimum Gasteiger partial charge on any atom is -0.392 e.